The van der Waals surface area contributed by atoms with Crippen molar-refractivity contribution in [1.82, 2.24) is 10.0 Å². The van der Waals surface area contributed by atoms with E-state index in [2.05, 4.69) is 16.6 Å². The van der Waals surface area contributed by atoms with Crippen LogP contribution in [0.2, 0.25) is 0 Å². The fourth-order valence-corrected chi connectivity index (χ4v) is 3.70. The van der Waals surface area contributed by atoms with Crippen molar-refractivity contribution in [3.05, 3.63) is 64.9 Å². The van der Waals surface area contributed by atoms with E-state index in [1.54, 1.807) is 29.5 Å². The maximum absolute atomic E-state index is 12.3. The van der Waals surface area contributed by atoms with E-state index in [0.29, 0.717) is 25.1 Å². The number of carbonyl (C=O) groups excluding carboxylic acids is 1. The van der Waals surface area contributed by atoms with Crippen LogP contribution in [0, 0.1) is 0 Å². The lowest BCUT2D eigenvalue weighted by atomic mass is 10.2. The van der Waals surface area contributed by atoms with E-state index >= 15 is 0 Å². The molecule has 0 unspecified atom stereocenters. The Bertz CT molecular complexity index is 768. The zero-order chi connectivity index (χ0) is 16.7. The second-order valence-electron chi connectivity index (χ2n) is 4.75. The highest BCUT2D eigenvalue weighted by Crippen LogP contribution is 2.13. The molecule has 0 saturated heterocycles. The summed E-state index contributed by atoms with van der Waals surface area (Å²) in [7, 11) is -3.64. The monoisotopic (exact) mass is 350 g/mol. The Morgan fingerprint density at radius 3 is 2.78 bits per heavy atom. The molecule has 2 rings (SSSR count). The number of rotatable bonds is 8. The molecule has 0 bridgehead atoms. The van der Waals surface area contributed by atoms with Gasteiger partial charge in [-0.05, 0) is 36.1 Å². The quantitative estimate of drug-likeness (QED) is 0.717. The van der Waals surface area contributed by atoms with Crippen molar-refractivity contribution in [3.63, 3.8) is 0 Å². The number of hydrogen-bond donors (Lipinski definition) is 2. The standard InChI is InChI=1S/C16H18N2O3S2/c1-2-9-17-16(19)13-5-3-7-15(12-13)23(20,21)18-10-8-14-6-4-11-22-14/h2-7,11-12,18H,1,8-10H2,(H,17,19). The number of nitrogens with one attached hydrogen (secondary N) is 2. The van der Waals surface area contributed by atoms with Gasteiger partial charge in [-0.1, -0.05) is 18.2 Å². The molecule has 23 heavy (non-hydrogen) atoms. The molecule has 1 amide bonds. The summed E-state index contributed by atoms with van der Waals surface area (Å²) >= 11 is 1.59. The maximum Gasteiger partial charge on any atom is 0.251 e. The minimum atomic E-state index is -3.64. The van der Waals surface area contributed by atoms with Crippen LogP contribution in [-0.4, -0.2) is 27.4 Å². The second-order valence-corrected chi connectivity index (χ2v) is 7.55. The lowest BCUT2D eigenvalue weighted by molar-refractivity contribution is 0.0958. The summed E-state index contributed by atoms with van der Waals surface area (Å²) in [5.41, 5.74) is 0.299. The van der Waals surface area contributed by atoms with E-state index in [-0.39, 0.29) is 10.8 Å². The number of carbonyl (C=O) groups is 1. The van der Waals surface area contributed by atoms with E-state index in [1.807, 2.05) is 17.5 Å². The van der Waals surface area contributed by atoms with Gasteiger partial charge in [-0.3, -0.25) is 4.79 Å². The summed E-state index contributed by atoms with van der Waals surface area (Å²) < 4.78 is 27.1. The highest BCUT2D eigenvalue weighted by atomic mass is 32.2. The first-order valence-electron chi connectivity index (χ1n) is 7.04. The van der Waals surface area contributed by atoms with Crippen LogP contribution in [0.1, 0.15) is 15.2 Å². The molecule has 0 aliphatic heterocycles. The molecule has 122 valence electrons. The normalized spacial score (nSPS) is 11.1. The molecular formula is C16H18N2O3S2. The Morgan fingerprint density at radius 2 is 2.09 bits per heavy atom. The first kappa shape index (κ1) is 17.4. The predicted molar refractivity (Wildman–Crippen MR) is 92.2 cm³/mol. The summed E-state index contributed by atoms with van der Waals surface area (Å²) in [5, 5.41) is 4.57. The number of benzene rings is 1. The molecule has 0 aliphatic carbocycles. The third-order valence-corrected chi connectivity index (χ3v) is 5.45. The smallest absolute Gasteiger partial charge is 0.251 e. The molecule has 0 fully saturated rings. The first-order valence-corrected chi connectivity index (χ1v) is 9.40. The molecule has 5 nitrogen and oxygen atoms in total. The van der Waals surface area contributed by atoms with E-state index < -0.39 is 10.0 Å². The molecule has 0 radical (unpaired) electrons. The third kappa shape index (κ3) is 5.02. The van der Waals surface area contributed by atoms with Crippen LogP contribution in [0.3, 0.4) is 0 Å². The zero-order valence-electron chi connectivity index (χ0n) is 12.5. The fraction of sp³-hybridized carbons (Fsp3) is 0.188. The largest absolute Gasteiger partial charge is 0.349 e. The zero-order valence-corrected chi connectivity index (χ0v) is 14.1. The molecule has 2 aromatic rings. The van der Waals surface area contributed by atoms with Crippen molar-refractivity contribution in [3.8, 4) is 0 Å². The van der Waals surface area contributed by atoms with Crippen molar-refractivity contribution >= 4 is 27.3 Å². The van der Waals surface area contributed by atoms with Gasteiger partial charge in [0.2, 0.25) is 10.0 Å². The molecule has 0 aliphatic rings. The summed E-state index contributed by atoms with van der Waals surface area (Å²) in [6.07, 6.45) is 2.20. The van der Waals surface area contributed by atoms with E-state index in [0.717, 1.165) is 4.88 Å². The van der Waals surface area contributed by atoms with Gasteiger partial charge >= 0.3 is 0 Å². The Morgan fingerprint density at radius 1 is 1.26 bits per heavy atom. The molecule has 0 saturated carbocycles. The lowest BCUT2D eigenvalue weighted by Gasteiger charge is -2.08. The summed E-state index contributed by atoms with van der Waals surface area (Å²) in [4.78, 5) is 13.1. The minimum absolute atomic E-state index is 0.0786. The van der Waals surface area contributed by atoms with Crippen LogP contribution in [0.15, 0.2) is 59.3 Å². The van der Waals surface area contributed by atoms with Gasteiger partial charge in [0, 0.05) is 23.5 Å². The van der Waals surface area contributed by atoms with Gasteiger partial charge in [-0.2, -0.15) is 0 Å². The predicted octanol–water partition coefficient (Wildman–Crippen LogP) is 2.18. The van der Waals surface area contributed by atoms with Gasteiger partial charge < -0.3 is 5.32 Å². The topological polar surface area (TPSA) is 75.3 Å². The van der Waals surface area contributed by atoms with Crippen molar-refractivity contribution in [2.24, 2.45) is 0 Å². The van der Waals surface area contributed by atoms with Crippen LogP contribution in [0.5, 0.6) is 0 Å². The van der Waals surface area contributed by atoms with Crippen LogP contribution >= 0.6 is 11.3 Å². The van der Waals surface area contributed by atoms with Gasteiger partial charge in [0.1, 0.15) is 0 Å². The van der Waals surface area contributed by atoms with Gasteiger partial charge in [-0.15, -0.1) is 17.9 Å². The van der Waals surface area contributed by atoms with Gasteiger partial charge in [0.25, 0.3) is 5.91 Å². The van der Waals surface area contributed by atoms with Crippen LogP contribution in [0.25, 0.3) is 0 Å². The van der Waals surface area contributed by atoms with Gasteiger partial charge in [0.05, 0.1) is 4.90 Å². The van der Waals surface area contributed by atoms with Crippen molar-refractivity contribution in [1.29, 1.82) is 0 Å². The summed E-state index contributed by atoms with van der Waals surface area (Å²) in [5.74, 6) is -0.333. The number of thiophene rings is 1. The summed E-state index contributed by atoms with van der Waals surface area (Å²) in [6.45, 7) is 4.16. The van der Waals surface area contributed by atoms with E-state index in [9.17, 15) is 13.2 Å². The fourth-order valence-electron chi connectivity index (χ4n) is 1.92. The highest BCUT2D eigenvalue weighted by Gasteiger charge is 2.15. The lowest BCUT2D eigenvalue weighted by Crippen LogP contribution is -2.27. The Labute approximate surface area is 140 Å². The van der Waals surface area contributed by atoms with Crippen molar-refractivity contribution < 1.29 is 13.2 Å². The summed E-state index contributed by atoms with van der Waals surface area (Å²) in [6, 6.07) is 9.85. The van der Waals surface area contributed by atoms with E-state index in [4.69, 9.17) is 0 Å². The molecular weight excluding hydrogens is 332 g/mol. The first-order chi connectivity index (χ1) is 11.0. The average Bonchev–Trinajstić information content (AvgIpc) is 3.06. The molecule has 0 atom stereocenters. The molecule has 1 aromatic carbocycles. The van der Waals surface area contributed by atoms with E-state index in [1.165, 1.54) is 12.1 Å². The Kier molecular flexibility index (Phi) is 6.09. The maximum atomic E-state index is 12.3. The Hall–Kier alpha value is -1.96. The van der Waals surface area contributed by atoms with Crippen LogP contribution < -0.4 is 10.0 Å². The number of sulfonamides is 1. The Balaban J connectivity index is 2.03. The second kappa shape index (κ2) is 8.05. The SMILES string of the molecule is C=CCNC(=O)c1cccc(S(=O)(=O)NCCc2cccs2)c1. The molecule has 7 heteroatoms. The average molecular weight is 350 g/mol. The van der Waals surface area contributed by atoms with Gasteiger partial charge in [0.15, 0.2) is 0 Å². The number of amides is 1. The molecule has 1 heterocycles. The minimum Gasteiger partial charge on any atom is -0.349 e. The van der Waals surface area contributed by atoms with Gasteiger partial charge in [-0.25, -0.2) is 13.1 Å². The van der Waals surface area contributed by atoms with Crippen molar-refractivity contribution in [2.45, 2.75) is 11.3 Å². The molecule has 2 N–H and O–H groups in total. The number of hydrogen-bond acceptors (Lipinski definition) is 4. The third-order valence-electron chi connectivity index (χ3n) is 3.06. The molecule has 1 aromatic heterocycles. The van der Waals surface area contributed by atoms with Crippen LogP contribution in [0.4, 0.5) is 0 Å². The molecule has 0 spiro atoms. The van der Waals surface area contributed by atoms with Crippen molar-refractivity contribution in [2.75, 3.05) is 13.1 Å². The highest BCUT2D eigenvalue weighted by molar-refractivity contribution is 7.89. The van der Waals surface area contributed by atoms with Crippen LogP contribution in [-0.2, 0) is 16.4 Å².